The summed E-state index contributed by atoms with van der Waals surface area (Å²) in [6.45, 7) is 2.55. The minimum Gasteiger partial charge on any atom is -0.487 e. The maximum Gasteiger partial charge on any atom is 0.338 e. The first-order valence-corrected chi connectivity index (χ1v) is 9.79. The number of aromatic nitrogens is 1. The van der Waals surface area contributed by atoms with Gasteiger partial charge in [0, 0.05) is 16.5 Å². The molecule has 0 radical (unpaired) electrons. The number of hydrogen-bond donors (Lipinski definition) is 0. The van der Waals surface area contributed by atoms with E-state index in [9.17, 15) is 9.18 Å². The van der Waals surface area contributed by atoms with E-state index in [1.54, 1.807) is 35.6 Å². The standard InChI is InChI=1S/C21H18FNO5S/c1-13-23-18(11-29-13)10-26-19-4-2-14(3-5-19)21(24)27-9-16-7-17(22)6-15-8-25-12-28-20(15)16/h2-7,11H,8-10,12H2,1H3. The maximum atomic E-state index is 13.8. The molecule has 1 aromatic heterocycles. The number of ether oxygens (including phenoxy) is 4. The van der Waals surface area contributed by atoms with Gasteiger partial charge in [0.2, 0.25) is 0 Å². The van der Waals surface area contributed by atoms with Crippen LogP contribution in [0.1, 0.15) is 32.2 Å². The summed E-state index contributed by atoms with van der Waals surface area (Å²) < 4.78 is 35.3. The van der Waals surface area contributed by atoms with E-state index in [0.717, 1.165) is 10.7 Å². The van der Waals surface area contributed by atoms with Crippen LogP contribution < -0.4 is 9.47 Å². The molecule has 8 heteroatoms. The second kappa shape index (κ2) is 8.59. The van der Waals surface area contributed by atoms with Crippen LogP contribution in [0.4, 0.5) is 4.39 Å². The van der Waals surface area contributed by atoms with E-state index in [1.165, 1.54) is 12.1 Å². The molecule has 0 amide bonds. The number of carbonyl (C=O) groups is 1. The lowest BCUT2D eigenvalue weighted by atomic mass is 10.1. The summed E-state index contributed by atoms with van der Waals surface area (Å²) in [6, 6.07) is 9.28. The van der Waals surface area contributed by atoms with Gasteiger partial charge in [0.25, 0.3) is 0 Å². The molecule has 0 unspecified atom stereocenters. The van der Waals surface area contributed by atoms with Crippen molar-refractivity contribution < 1.29 is 28.1 Å². The molecule has 4 rings (SSSR count). The predicted octanol–water partition coefficient (Wildman–Crippen LogP) is 4.39. The lowest BCUT2D eigenvalue weighted by Gasteiger charge is -2.20. The molecule has 0 saturated heterocycles. The lowest BCUT2D eigenvalue weighted by molar-refractivity contribution is -0.0182. The van der Waals surface area contributed by atoms with Crippen LogP contribution in [0.2, 0.25) is 0 Å². The van der Waals surface area contributed by atoms with Crippen LogP contribution in [-0.4, -0.2) is 17.7 Å². The summed E-state index contributed by atoms with van der Waals surface area (Å²) in [7, 11) is 0. The van der Waals surface area contributed by atoms with Crippen LogP contribution in [0.3, 0.4) is 0 Å². The van der Waals surface area contributed by atoms with Crippen LogP contribution >= 0.6 is 11.3 Å². The molecule has 0 aliphatic carbocycles. The van der Waals surface area contributed by atoms with Crippen molar-refractivity contribution in [1.29, 1.82) is 0 Å². The van der Waals surface area contributed by atoms with Crippen molar-refractivity contribution >= 4 is 17.3 Å². The summed E-state index contributed by atoms with van der Waals surface area (Å²) in [5, 5.41) is 2.93. The predicted molar refractivity (Wildman–Crippen MR) is 103 cm³/mol. The first-order chi connectivity index (χ1) is 14.1. The van der Waals surface area contributed by atoms with Crippen LogP contribution in [0.15, 0.2) is 41.8 Å². The van der Waals surface area contributed by atoms with Crippen molar-refractivity contribution in [2.75, 3.05) is 6.79 Å². The number of carbonyl (C=O) groups excluding carboxylic acids is 1. The Balaban J connectivity index is 1.36. The van der Waals surface area contributed by atoms with Gasteiger partial charge in [0.05, 0.1) is 22.9 Å². The molecule has 0 atom stereocenters. The average molecular weight is 415 g/mol. The number of nitrogens with zero attached hydrogens (tertiary/aromatic N) is 1. The number of hydrogen-bond acceptors (Lipinski definition) is 7. The summed E-state index contributed by atoms with van der Waals surface area (Å²) in [6.07, 6.45) is 0. The Morgan fingerprint density at radius 1 is 1.24 bits per heavy atom. The van der Waals surface area contributed by atoms with Crippen LogP contribution in [0.5, 0.6) is 11.5 Å². The van der Waals surface area contributed by atoms with Crippen molar-refractivity contribution in [2.24, 2.45) is 0 Å². The van der Waals surface area contributed by atoms with Gasteiger partial charge in [-0.15, -0.1) is 11.3 Å². The molecule has 2 aromatic carbocycles. The summed E-state index contributed by atoms with van der Waals surface area (Å²) >= 11 is 1.57. The first kappa shape index (κ1) is 19.4. The van der Waals surface area contributed by atoms with Gasteiger partial charge < -0.3 is 18.9 Å². The third-order valence-electron chi connectivity index (χ3n) is 4.25. The zero-order valence-electron chi connectivity index (χ0n) is 15.6. The molecule has 29 heavy (non-hydrogen) atoms. The molecule has 2 heterocycles. The minimum absolute atomic E-state index is 0.0848. The van der Waals surface area contributed by atoms with E-state index in [1.807, 2.05) is 12.3 Å². The Bertz CT molecular complexity index is 1020. The molecule has 0 saturated carbocycles. The van der Waals surface area contributed by atoms with Gasteiger partial charge in [0.1, 0.15) is 30.5 Å². The smallest absolute Gasteiger partial charge is 0.338 e. The second-order valence-corrected chi connectivity index (χ2v) is 7.47. The highest BCUT2D eigenvalue weighted by atomic mass is 32.1. The maximum absolute atomic E-state index is 13.8. The minimum atomic E-state index is -0.517. The Hall–Kier alpha value is -2.97. The molecule has 0 N–H and O–H groups in total. The molecule has 0 bridgehead atoms. The quantitative estimate of drug-likeness (QED) is 0.556. The van der Waals surface area contributed by atoms with Crippen molar-refractivity contribution in [1.82, 2.24) is 4.98 Å². The molecule has 1 aliphatic rings. The number of aryl methyl sites for hydroxylation is 1. The second-order valence-electron chi connectivity index (χ2n) is 6.41. The van der Waals surface area contributed by atoms with Crippen LogP contribution in [0.25, 0.3) is 0 Å². The van der Waals surface area contributed by atoms with E-state index in [2.05, 4.69) is 4.98 Å². The largest absolute Gasteiger partial charge is 0.487 e. The van der Waals surface area contributed by atoms with Crippen LogP contribution in [-0.2, 0) is 29.3 Å². The average Bonchev–Trinajstić information content (AvgIpc) is 3.15. The number of halogens is 1. The van der Waals surface area contributed by atoms with E-state index in [0.29, 0.717) is 34.8 Å². The zero-order chi connectivity index (χ0) is 20.2. The van der Waals surface area contributed by atoms with E-state index >= 15 is 0 Å². The highest BCUT2D eigenvalue weighted by Crippen LogP contribution is 2.30. The van der Waals surface area contributed by atoms with Crippen molar-refractivity contribution in [3.63, 3.8) is 0 Å². The number of esters is 1. The van der Waals surface area contributed by atoms with Gasteiger partial charge in [-0.25, -0.2) is 14.2 Å². The monoisotopic (exact) mass is 415 g/mol. The van der Waals surface area contributed by atoms with Gasteiger partial charge in [-0.2, -0.15) is 0 Å². The van der Waals surface area contributed by atoms with E-state index < -0.39 is 11.8 Å². The van der Waals surface area contributed by atoms with Gasteiger partial charge in [0.15, 0.2) is 6.79 Å². The number of thiazole rings is 1. The van der Waals surface area contributed by atoms with Gasteiger partial charge >= 0.3 is 5.97 Å². The van der Waals surface area contributed by atoms with Gasteiger partial charge in [-0.05, 0) is 43.3 Å². The molecular weight excluding hydrogens is 397 g/mol. The molecule has 0 spiro atoms. The SMILES string of the molecule is Cc1nc(COc2ccc(C(=O)OCc3cc(F)cc4c3OCOC4)cc2)cs1. The van der Waals surface area contributed by atoms with Crippen molar-refractivity contribution in [2.45, 2.75) is 26.7 Å². The molecule has 1 aliphatic heterocycles. The first-order valence-electron chi connectivity index (χ1n) is 8.91. The highest BCUT2D eigenvalue weighted by molar-refractivity contribution is 7.09. The summed E-state index contributed by atoms with van der Waals surface area (Å²) in [5.41, 5.74) is 2.30. The lowest BCUT2D eigenvalue weighted by Crippen LogP contribution is -2.15. The molecule has 150 valence electrons. The van der Waals surface area contributed by atoms with Crippen molar-refractivity contribution in [3.05, 3.63) is 75.0 Å². The number of rotatable bonds is 6. The zero-order valence-corrected chi connectivity index (χ0v) is 16.5. The van der Waals surface area contributed by atoms with Crippen molar-refractivity contribution in [3.8, 4) is 11.5 Å². The fourth-order valence-corrected chi connectivity index (χ4v) is 3.51. The van der Waals surface area contributed by atoms with Crippen LogP contribution in [0, 0.1) is 12.7 Å². The summed E-state index contributed by atoms with van der Waals surface area (Å²) in [4.78, 5) is 16.7. The van der Waals surface area contributed by atoms with E-state index in [4.69, 9.17) is 18.9 Å². The van der Waals surface area contributed by atoms with Gasteiger partial charge in [-0.3, -0.25) is 0 Å². The number of benzene rings is 2. The summed E-state index contributed by atoms with van der Waals surface area (Å²) in [5.74, 6) is 0.184. The fourth-order valence-electron chi connectivity index (χ4n) is 2.91. The fraction of sp³-hybridized carbons (Fsp3) is 0.238. The third kappa shape index (κ3) is 4.72. The Labute approximate surface area is 170 Å². The third-order valence-corrected chi connectivity index (χ3v) is 5.08. The molecule has 6 nitrogen and oxygen atoms in total. The Morgan fingerprint density at radius 3 is 2.83 bits per heavy atom. The van der Waals surface area contributed by atoms with E-state index in [-0.39, 0.29) is 20.0 Å². The Morgan fingerprint density at radius 2 is 2.07 bits per heavy atom. The topological polar surface area (TPSA) is 66.9 Å². The highest BCUT2D eigenvalue weighted by Gasteiger charge is 2.18. The molecule has 3 aromatic rings. The molecule has 0 fully saturated rings. The normalized spacial score (nSPS) is 12.8. The number of fused-ring (bicyclic) bond motifs is 1. The van der Waals surface area contributed by atoms with Gasteiger partial charge in [-0.1, -0.05) is 0 Å². The Kier molecular flexibility index (Phi) is 5.73. The molecular formula is C21H18FNO5S.